The van der Waals surface area contributed by atoms with Crippen LogP contribution in [0.3, 0.4) is 0 Å². The van der Waals surface area contributed by atoms with Crippen molar-refractivity contribution < 1.29 is 41.0 Å². The molecule has 6 nitrogen and oxygen atoms in total. The Bertz CT molecular complexity index is 710. The van der Waals surface area contributed by atoms with Gasteiger partial charge in [0.05, 0.1) is 37.8 Å². The van der Waals surface area contributed by atoms with Crippen LogP contribution in [0.15, 0.2) is 0 Å². The lowest BCUT2D eigenvalue weighted by atomic mass is 9.95. The second kappa shape index (κ2) is 7.20. The van der Waals surface area contributed by atoms with Gasteiger partial charge in [-0.05, 0) is 5.56 Å². The zero-order valence-electron chi connectivity index (χ0n) is 12.2. The fraction of sp³-hybridized carbons (Fsp3) is 0.385. The Morgan fingerprint density at radius 2 is 1.67 bits per heavy atom. The van der Waals surface area contributed by atoms with Crippen LogP contribution in [0, 0.1) is 11.3 Å². The highest BCUT2D eigenvalue weighted by Crippen LogP contribution is 2.37. The van der Waals surface area contributed by atoms with Crippen LogP contribution in [0.2, 0.25) is 0 Å². The lowest BCUT2D eigenvalue weighted by molar-refractivity contribution is -0.142. The van der Waals surface area contributed by atoms with Gasteiger partial charge in [0, 0.05) is 0 Å². The van der Waals surface area contributed by atoms with E-state index in [0.717, 1.165) is 14.2 Å². The van der Waals surface area contributed by atoms with Gasteiger partial charge in [-0.1, -0.05) is 0 Å². The largest absolute Gasteiger partial charge is 0.465 e. The molecule has 0 atom stereocenters. The number of nitrogens with zero attached hydrogens (tertiary/aromatic N) is 2. The lowest BCUT2D eigenvalue weighted by Gasteiger charge is -2.18. The summed E-state index contributed by atoms with van der Waals surface area (Å²) in [6, 6.07) is 1.41. The quantitative estimate of drug-likeness (QED) is 0.611. The summed E-state index contributed by atoms with van der Waals surface area (Å²) in [5, 5.41) is 8.76. The molecule has 0 aromatic carbocycles. The number of carbonyl (C=O) groups excluding carboxylic acids is 2. The van der Waals surface area contributed by atoms with Crippen LogP contribution in [0.1, 0.15) is 44.1 Å². The predicted octanol–water partition coefficient (Wildman–Crippen LogP) is 2.68. The zero-order chi connectivity index (χ0) is 18.7. The van der Waals surface area contributed by atoms with Crippen molar-refractivity contribution >= 4 is 11.9 Å². The minimum absolute atomic E-state index is 0.748. The molecule has 0 saturated carbocycles. The molecule has 0 aliphatic rings. The average Bonchev–Trinajstić information content (AvgIpc) is 2.51. The molecular formula is C13H9F5N2O4. The Balaban J connectivity index is 4.06. The normalized spacial score (nSPS) is 11.1. The molecular weight excluding hydrogens is 343 g/mol. The number of esters is 2. The van der Waals surface area contributed by atoms with Gasteiger partial charge < -0.3 is 9.47 Å². The van der Waals surface area contributed by atoms with Crippen LogP contribution in [0.25, 0.3) is 0 Å². The molecule has 0 amide bonds. The fourth-order valence-electron chi connectivity index (χ4n) is 1.93. The van der Waals surface area contributed by atoms with E-state index in [0.29, 0.717) is 0 Å². The van der Waals surface area contributed by atoms with Gasteiger partial charge >= 0.3 is 18.1 Å². The molecule has 130 valence electrons. The van der Waals surface area contributed by atoms with Crippen LogP contribution in [0.4, 0.5) is 22.0 Å². The third-order valence-electron chi connectivity index (χ3n) is 2.84. The Labute approximate surface area is 131 Å². The second-order valence-corrected chi connectivity index (χ2v) is 4.19. The first-order valence-corrected chi connectivity index (χ1v) is 6.05. The summed E-state index contributed by atoms with van der Waals surface area (Å²) < 4.78 is 74.0. The molecule has 0 fully saturated rings. The number of aromatic nitrogens is 1. The number of methoxy groups -OCH3 is 2. The molecule has 0 unspecified atom stereocenters. The molecule has 0 spiro atoms. The summed E-state index contributed by atoms with van der Waals surface area (Å²) in [4.78, 5) is 26.2. The number of pyridine rings is 1. The maximum absolute atomic E-state index is 13.1. The number of ether oxygens (including phenoxy) is 2. The number of rotatable bonds is 4. The summed E-state index contributed by atoms with van der Waals surface area (Å²) >= 11 is 0. The fourth-order valence-corrected chi connectivity index (χ4v) is 1.93. The first kappa shape index (κ1) is 19.3. The average molecular weight is 352 g/mol. The Hall–Kier alpha value is -2.77. The minimum atomic E-state index is -5.30. The van der Waals surface area contributed by atoms with Crippen molar-refractivity contribution in [3.8, 4) is 6.07 Å². The van der Waals surface area contributed by atoms with E-state index in [1.54, 1.807) is 0 Å². The Kier molecular flexibility index (Phi) is 5.78. The predicted molar refractivity (Wildman–Crippen MR) is 66.2 cm³/mol. The topological polar surface area (TPSA) is 89.3 Å². The van der Waals surface area contributed by atoms with Crippen molar-refractivity contribution in [2.75, 3.05) is 14.2 Å². The summed E-state index contributed by atoms with van der Waals surface area (Å²) in [6.07, 6.45) is -9.82. The summed E-state index contributed by atoms with van der Waals surface area (Å²) in [6.45, 7) is 0. The van der Waals surface area contributed by atoms with Gasteiger partial charge in [0.1, 0.15) is 5.69 Å². The molecule has 1 heterocycles. The summed E-state index contributed by atoms with van der Waals surface area (Å²) in [7, 11) is 1.54. The molecule has 1 aromatic heterocycles. The summed E-state index contributed by atoms with van der Waals surface area (Å²) in [5.74, 6) is -3.03. The molecule has 0 aliphatic heterocycles. The van der Waals surface area contributed by atoms with E-state index in [9.17, 15) is 31.5 Å². The maximum Gasteiger partial charge on any atom is 0.434 e. The first-order chi connectivity index (χ1) is 11.1. The molecule has 1 rings (SSSR count). The molecule has 0 radical (unpaired) electrons. The molecule has 24 heavy (non-hydrogen) atoms. The van der Waals surface area contributed by atoms with Crippen LogP contribution in [-0.2, 0) is 22.1 Å². The first-order valence-electron chi connectivity index (χ1n) is 6.05. The van der Waals surface area contributed by atoms with Gasteiger partial charge in [-0.2, -0.15) is 18.4 Å². The van der Waals surface area contributed by atoms with Gasteiger partial charge in [-0.15, -0.1) is 0 Å². The number of nitriles is 1. The summed E-state index contributed by atoms with van der Waals surface area (Å²) in [5.41, 5.74) is -6.73. The van der Waals surface area contributed by atoms with E-state index < -0.39 is 59.0 Å². The van der Waals surface area contributed by atoms with Crippen LogP contribution >= 0.6 is 0 Å². The van der Waals surface area contributed by atoms with Crippen molar-refractivity contribution in [2.45, 2.75) is 19.0 Å². The van der Waals surface area contributed by atoms with Gasteiger partial charge in [0.2, 0.25) is 0 Å². The standard InChI is InChI=1S/C13H9F5N2O4/c1-23-11(21)6-5(3-4-19)7(12(22)24-2)9(13(16,17)18)20-8(6)10(14)15/h10H,3H2,1-2H3. The molecule has 0 saturated heterocycles. The van der Waals surface area contributed by atoms with Crippen molar-refractivity contribution in [1.29, 1.82) is 5.26 Å². The van der Waals surface area contributed by atoms with Crippen molar-refractivity contribution in [3.63, 3.8) is 0 Å². The monoisotopic (exact) mass is 352 g/mol. The number of hydrogen-bond donors (Lipinski definition) is 0. The Morgan fingerprint density at radius 3 is 2.04 bits per heavy atom. The van der Waals surface area contributed by atoms with Gasteiger partial charge in [0.25, 0.3) is 6.43 Å². The molecule has 11 heteroatoms. The van der Waals surface area contributed by atoms with Crippen LogP contribution in [-0.4, -0.2) is 31.1 Å². The highest BCUT2D eigenvalue weighted by molar-refractivity contribution is 5.99. The van der Waals surface area contributed by atoms with E-state index in [-0.39, 0.29) is 0 Å². The highest BCUT2D eigenvalue weighted by atomic mass is 19.4. The SMILES string of the molecule is COC(=O)c1c(C(F)F)nc(C(F)(F)F)c(C(=O)OC)c1CC#N. The number of halogens is 5. The van der Waals surface area contributed by atoms with Crippen molar-refractivity contribution in [3.05, 3.63) is 28.1 Å². The number of alkyl halides is 5. The van der Waals surface area contributed by atoms with Gasteiger partial charge in [-0.3, -0.25) is 0 Å². The highest BCUT2D eigenvalue weighted by Gasteiger charge is 2.43. The van der Waals surface area contributed by atoms with Crippen LogP contribution in [0.5, 0.6) is 0 Å². The number of carbonyl (C=O) groups is 2. The van der Waals surface area contributed by atoms with Crippen LogP contribution < -0.4 is 0 Å². The van der Waals surface area contributed by atoms with E-state index >= 15 is 0 Å². The molecule has 1 aromatic rings. The lowest BCUT2D eigenvalue weighted by Crippen LogP contribution is -2.24. The van der Waals surface area contributed by atoms with Crippen molar-refractivity contribution in [1.82, 2.24) is 4.98 Å². The number of hydrogen-bond acceptors (Lipinski definition) is 6. The third-order valence-corrected chi connectivity index (χ3v) is 2.84. The van der Waals surface area contributed by atoms with Crippen molar-refractivity contribution in [2.24, 2.45) is 0 Å². The smallest absolute Gasteiger partial charge is 0.434 e. The van der Waals surface area contributed by atoms with E-state index in [4.69, 9.17) is 5.26 Å². The van der Waals surface area contributed by atoms with E-state index in [2.05, 4.69) is 14.5 Å². The maximum atomic E-state index is 13.1. The van der Waals surface area contributed by atoms with Gasteiger partial charge in [0.15, 0.2) is 5.69 Å². The minimum Gasteiger partial charge on any atom is -0.465 e. The molecule has 0 aliphatic carbocycles. The molecule has 0 N–H and O–H groups in total. The van der Waals surface area contributed by atoms with E-state index in [1.807, 2.05) is 0 Å². The zero-order valence-corrected chi connectivity index (χ0v) is 12.2. The third kappa shape index (κ3) is 3.58. The van der Waals surface area contributed by atoms with E-state index in [1.165, 1.54) is 6.07 Å². The van der Waals surface area contributed by atoms with Gasteiger partial charge in [-0.25, -0.2) is 23.4 Å². The molecule has 0 bridgehead atoms. The second-order valence-electron chi connectivity index (χ2n) is 4.19. The Morgan fingerprint density at radius 1 is 1.17 bits per heavy atom.